The second-order valence-electron chi connectivity index (χ2n) is 4.89. The van der Waals surface area contributed by atoms with E-state index in [1.54, 1.807) is 27.9 Å². The second-order valence-corrected chi connectivity index (χ2v) is 7.75. The van der Waals surface area contributed by atoms with E-state index in [4.69, 9.17) is 4.74 Å². The predicted octanol–water partition coefficient (Wildman–Crippen LogP) is 0.395. The summed E-state index contributed by atoms with van der Waals surface area (Å²) >= 11 is 0. The molecule has 17 heavy (non-hydrogen) atoms. The molecular formula is C11H23NO4S. The zero-order valence-electron chi connectivity index (χ0n) is 11.1. The molecule has 0 atom stereocenters. The number of methoxy groups -OCH3 is 1. The number of hydrogen-bond acceptors (Lipinski definition) is 5. The number of nitrogens with one attached hydrogen (secondary N) is 1. The first-order chi connectivity index (χ1) is 7.70. The molecule has 0 radical (unpaired) electrons. The molecule has 0 aliphatic carbocycles. The van der Waals surface area contributed by atoms with Crippen LogP contribution >= 0.6 is 0 Å². The Bertz CT molecular complexity index is 330. The SMILES string of the molecule is COCCNCC(=O)CCS(=O)(=O)C(C)(C)C. The molecule has 0 saturated heterocycles. The molecule has 0 aromatic carbocycles. The Morgan fingerprint density at radius 2 is 1.88 bits per heavy atom. The van der Waals surface area contributed by atoms with Crippen LogP contribution in [0.5, 0.6) is 0 Å². The number of sulfone groups is 1. The standard InChI is InChI=1S/C11H23NO4S/c1-11(2,3)17(14,15)8-5-10(13)9-12-6-7-16-4/h12H,5-9H2,1-4H3. The summed E-state index contributed by atoms with van der Waals surface area (Å²) in [5.74, 6) is -0.171. The van der Waals surface area contributed by atoms with Crippen LogP contribution in [0.15, 0.2) is 0 Å². The Labute approximate surface area is 104 Å². The van der Waals surface area contributed by atoms with E-state index in [2.05, 4.69) is 5.32 Å². The molecule has 0 aromatic rings. The molecule has 102 valence electrons. The second kappa shape index (κ2) is 7.08. The van der Waals surface area contributed by atoms with Gasteiger partial charge in [0.2, 0.25) is 0 Å². The van der Waals surface area contributed by atoms with Gasteiger partial charge in [-0.3, -0.25) is 4.79 Å². The minimum absolute atomic E-state index is 0.0690. The molecule has 0 unspecified atom stereocenters. The van der Waals surface area contributed by atoms with Crippen LogP contribution in [-0.2, 0) is 19.4 Å². The number of ketones is 1. The highest BCUT2D eigenvalue weighted by Gasteiger charge is 2.28. The first-order valence-electron chi connectivity index (χ1n) is 5.64. The van der Waals surface area contributed by atoms with Crippen LogP contribution in [0.2, 0.25) is 0 Å². The van der Waals surface area contributed by atoms with Crippen LogP contribution in [-0.4, -0.2) is 51.5 Å². The van der Waals surface area contributed by atoms with Crippen molar-refractivity contribution >= 4 is 15.6 Å². The summed E-state index contributed by atoms with van der Waals surface area (Å²) in [5.41, 5.74) is 0. The molecule has 0 amide bonds. The van der Waals surface area contributed by atoms with Crippen molar-refractivity contribution < 1.29 is 17.9 Å². The van der Waals surface area contributed by atoms with Gasteiger partial charge in [0, 0.05) is 20.1 Å². The van der Waals surface area contributed by atoms with Crippen molar-refractivity contribution in [2.75, 3.05) is 32.6 Å². The number of Topliss-reactive ketones (excluding diaryl/α,β-unsaturated/α-hetero) is 1. The van der Waals surface area contributed by atoms with Crippen molar-refractivity contribution in [1.82, 2.24) is 5.32 Å². The third-order valence-corrected chi connectivity index (χ3v) is 5.00. The highest BCUT2D eigenvalue weighted by Crippen LogP contribution is 2.16. The molecule has 0 rings (SSSR count). The molecule has 0 bridgehead atoms. The topological polar surface area (TPSA) is 72.5 Å². The van der Waals surface area contributed by atoms with E-state index >= 15 is 0 Å². The summed E-state index contributed by atoms with van der Waals surface area (Å²) in [6, 6.07) is 0. The number of carbonyl (C=O) groups excluding carboxylic acids is 1. The summed E-state index contributed by atoms with van der Waals surface area (Å²) in [6.07, 6.45) is 0.0690. The molecule has 5 nitrogen and oxygen atoms in total. The highest BCUT2D eigenvalue weighted by atomic mass is 32.2. The fraction of sp³-hybridized carbons (Fsp3) is 0.909. The molecule has 0 aromatic heterocycles. The first kappa shape index (κ1) is 16.5. The zero-order chi connectivity index (χ0) is 13.5. The van der Waals surface area contributed by atoms with Gasteiger partial charge in [0.15, 0.2) is 9.84 Å². The minimum atomic E-state index is -3.20. The van der Waals surface area contributed by atoms with Crippen molar-refractivity contribution in [3.8, 4) is 0 Å². The van der Waals surface area contributed by atoms with Crippen LogP contribution in [0.25, 0.3) is 0 Å². The lowest BCUT2D eigenvalue weighted by Gasteiger charge is -2.18. The lowest BCUT2D eigenvalue weighted by Crippen LogP contribution is -2.33. The monoisotopic (exact) mass is 265 g/mol. The van der Waals surface area contributed by atoms with Gasteiger partial charge in [-0.05, 0) is 20.8 Å². The van der Waals surface area contributed by atoms with Gasteiger partial charge < -0.3 is 10.1 Å². The largest absolute Gasteiger partial charge is 0.383 e. The smallest absolute Gasteiger partial charge is 0.155 e. The lowest BCUT2D eigenvalue weighted by molar-refractivity contribution is -0.117. The number of carbonyl (C=O) groups is 1. The summed E-state index contributed by atoms with van der Waals surface area (Å²) in [6.45, 7) is 6.25. The van der Waals surface area contributed by atoms with Crippen LogP contribution in [0.4, 0.5) is 0 Å². The Kier molecular flexibility index (Phi) is 6.89. The van der Waals surface area contributed by atoms with Crippen molar-refractivity contribution in [2.45, 2.75) is 31.9 Å². The predicted molar refractivity (Wildman–Crippen MR) is 67.9 cm³/mol. The fourth-order valence-corrected chi connectivity index (χ4v) is 2.15. The Morgan fingerprint density at radius 1 is 1.29 bits per heavy atom. The molecule has 0 spiro atoms. The average Bonchev–Trinajstić information content (AvgIpc) is 2.20. The van der Waals surface area contributed by atoms with Crippen LogP contribution in [0, 0.1) is 0 Å². The van der Waals surface area contributed by atoms with Crippen LogP contribution < -0.4 is 5.32 Å². The number of rotatable bonds is 8. The molecule has 0 aliphatic rings. The van der Waals surface area contributed by atoms with Crippen LogP contribution in [0.1, 0.15) is 27.2 Å². The van der Waals surface area contributed by atoms with E-state index in [1.807, 2.05) is 0 Å². The highest BCUT2D eigenvalue weighted by molar-refractivity contribution is 7.92. The van der Waals surface area contributed by atoms with Crippen LogP contribution in [0.3, 0.4) is 0 Å². The normalized spacial score (nSPS) is 12.7. The maximum Gasteiger partial charge on any atom is 0.155 e. The van der Waals surface area contributed by atoms with E-state index in [0.717, 1.165) is 0 Å². The fourth-order valence-electron chi connectivity index (χ4n) is 1.04. The van der Waals surface area contributed by atoms with E-state index in [-0.39, 0.29) is 24.5 Å². The Morgan fingerprint density at radius 3 is 2.35 bits per heavy atom. The number of ether oxygens (including phenoxy) is 1. The quantitative estimate of drug-likeness (QED) is 0.643. The van der Waals surface area contributed by atoms with E-state index in [0.29, 0.717) is 13.2 Å². The Hall–Kier alpha value is -0.460. The van der Waals surface area contributed by atoms with Crippen molar-refractivity contribution in [3.63, 3.8) is 0 Å². The van der Waals surface area contributed by atoms with Gasteiger partial charge >= 0.3 is 0 Å². The summed E-state index contributed by atoms with van der Waals surface area (Å²) in [5, 5.41) is 2.89. The molecule has 0 saturated carbocycles. The molecule has 1 N–H and O–H groups in total. The molecule has 0 heterocycles. The zero-order valence-corrected chi connectivity index (χ0v) is 11.9. The van der Waals surface area contributed by atoms with Crippen molar-refractivity contribution in [2.24, 2.45) is 0 Å². The van der Waals surface area contributed by atoms with E-state index in [1.165, 1.54) is 0 Å². The summed E-state index contributed by atoms with van der Waals surface area (Å²) < 4.78 is 27.5. The lowest BCUT2D eigenvalue weighted by atomic mass is 10.3. The van der Waals surface area contributed by atoms with Gasteiger partial charge in [0.05, 0.1) is 23.7 Å². The number of hydrogen-bond donors (Lipinski definition) is 1. The average molecular weight is 265 g/mol. The molecular weight excluding hydrogens is 242 g/mol. The Balaban J connectivity index is 3.93. The van der Waals surface area contributed by atoms with Gasteiger partial charge in [-0.15, -0.1) is 0 Å². The van der Waals surface area contributed by atoms with Gasteiger partial charge in [0.25, 0.3) is 0 Å². The maximum absolute atomic E-state index is 11.7. The molecule has 0 fully saturated rings. The first-order valence-corrected chi connectivity index (χ1v) is 7.29. The van der Waals surface area contributed by atoms with Gasteiger partial charge in [0.1, 0.15) is 5.78 Å². The third kappa shape index (κ3) is 6.75. The van der Waals surface area contributed by atoms with E-state index < -0.39 is 14.6 Å². The van der Waals surface area contributed by atoms with E-state index in [9.17, 15) is 13.2 Å². The summed E-state index contributed by atoms with van der Waals surface area (Å²) in [4.78, 5) is 11.4. The third-order valence-electron chi connectivity index (χ3n) is 2.39. The minimum Gasteiger partial charge on any atom is -0.383 e. The van der Waals surface area contributed by atoms with Gasteiger partial charge in [-0.25, -0.2) is 8.42 Å². The molecule has 0 aliphatic heterocycles. The molecule has 6 heteroatoms. The van der Waals surface area contributed by atoms with Gasteiger partial charge in [-0.2, -0.15) is 0 Å². The van der Waals surface area contributed by atoms with Crippen molar-refractivity contribution in [1.29, 1.82) is 0 Å². The van der Waals surface area contributed by atoms with Gasteiger partial charge in [-0.1, -0.05) is 0 Å². The maximum atomic E-state index is 11.7. The summed E-state index contributed by atoms with van der Waals surface area (Å²) in [7, 11) is -1.62. The van der Waals surface area contributed by atoms with Crippen molar-refractivity contribution in [3.05, 3.63) is 0 Å².